The Hall–Kier alpha value is -3.14. The van der Waals surface area contributed by atoms with E-state index < -0.39 is 15.8 Å². The minimum Gasteiger partial charge on any atom is -0.454 e. The minimum absolute atomic E-state index is 0. The molecule has 5 rings (SSSR count). The molecule has 0 radical (unpaired) electrons. The molecule has 3 aromatic rings. The van der Waals surface area contributed by atoms with E-state index in [0.717, 1.165) is 54.4 Å². The summed E-state index contributed by atoms with van der Waals surface area (Å²) in [5, 5.41) is 0. The number of nitrogens with zero attached hydrogens (tertiary/aromatic N) is 3. The van der Waals surface area contributed by atoms with Crippen LogP contribution in [0.2, 0.25) is 0 Å². The molecule has 0 atom stereocenters. The Morgan fingerprint density at radius 2 is 1.57 bits per heavy atom. The zero-order valence-electron chi connectivity index (χ0n) is 18.8. The number of fused-ring (bicyclic) bond motifs is 1. The molecule has 3 aromatic carbocycles. The molecule has 0 amide bonds. The summed E-state index contributed by atoms with van der Waals surface area (Å²) in [4.78, 5) is 4.27. The standard InChI is InChI=1S/C25H24FN3O4S.ClH/c26-21-7-9-22(10-8-21)34(30,31)27-25(20-4-2-1-3-5-20)29-14-12-28(13-15-29)17-19-6-11-23-24(16-19)33-18-32-23;/h1-11,16H,12-15,17-18H2;1H/b27-25-;. The van der Waals surface area contributed by atoms with Gasteiger partial charge >= 0.3 is 0 Å². The Labute approximate surface area is 210 Å². The van der Waals surface area contributed by atoms with Crippen LogP contribution in [-0.4, -0.2) is 57.0 Å². The fraction of sp³-hybridized carbons (Fsp3) is 0.240. The highest BCUT2D eigenvalue weighted by Crippen LogP contribution is 2.33. The van der Waals surface area contributed by atoms with Gasteiger partial charge in [-0.3, -0.25) is 4.90 Å². The van der Waals surface area contributed by atoms with Gasteiger partial charge in [-0.05, 0) is 42.0 Å². The van der Waals surface area contributed by atoms with Crippen LogP contribution >= 0.6 is 12.4 Å². The van der Waals surface area contributed by atoms with Crippen molar-refractivity contribution in [2.45, 2.75) is 11.4 Å². The molecule has 35 heavy (non-hydrogen) atoms. The molecule has 184 valence electrons. The maximum absolute atomic E-state index is 13.3. The summed E-state index contributed by atoms with van der Waals surface area (Å²) in [7, 11) is -4.00. The van der Waals surface area contributed by atoms with Crippen molar-refractivity contribution in [1.82, 2.24) is 9.80 Å². The molecular formula is C25H25ClFN3O4S. The van der Waals surface area contributed by atoms with Gasteiger partial charge in [0.05, 0.1) is 4.90 Å². The van der Waals surface area contributed by atoms with Crippen LogP contribution in [0.15, 0.2) is 82.1 Å². The van der Waals surface area contributed by atoms with E-state index in [0.29, 0.717) is 18.9 Å². The highest BCUT2D eigenvalue weighted by Gasteiger charge is 2.24. The topological polar surface area (TPSA) is 71.4 Å². The molecule has 2 aliphatic rings. The number of benzene rings is 3. The summed E-state index contributed by atoms with van der Waals surface area (Å²) in [6.45, 7) is 3.75. The van der Waals surface area contributed by atoms with Crippen molar-refractivity contribution in [2.24, 2.45) is 4.40 Å². The van der Waals surface area contributed by atoms with Gasteiger partial charge in [0.15, 0.2) is 11.5 Å². The fourth-order valence-corrected chi connectivity index (χ4v) is 5.10. The van der Waals surface area contributed by atoms with Crippen molar-refractivity contribution < 1.29 is 22.3 Å². The van der Waals surface area contributed by atoms with Crippen LogP contribution in [0.4, 0.5) is 4.39 Å². The Morgan fingerprint density at radius 1 is 0.886 bits per heavy atom. The predicted octanol–water partition coefficient (Wildman–Crippen LogP) is 3.93. The van der Waals surface area contributed by atoms with Crippen LogP contribution in [0.1, 0.15) is 11.1 Å². The fourth-order valence-electron chi connectivity index (χ4n) is 4.07. The molecular weight excluding hydrogens is 493 g/mol. The second-order valence-electron chi connectivity index (χ2n) is 8.16. The average molecular weight is 518 g/mol. The minimum atomic E-state index is -4.00. The first-order valence-corrected chi connectivity index (χ1v) is 12.4. The van der Waals surface area contributed by atoms with Crippen LogP contribution in [0.25, 0.3) is 0 Å². The van der Waals surface area contributed by atoms with E-state index >= 15 is 0 Å². The quantitative estimate of drug-likeness (QED) is 0.377. The molecule has 0 N–H and O–H groups in total. The van der Waals surface area contributed by atoms with Gasteiger partial charge in [0.2, 0.25) is 6.79 Å². The number of hydrogen-bond acceptors (Lipinski definition) is 5. The first-order valence-electron chi connectivity index (χ1n) is 11.0. The van der Waals surface area contributed by atoms with E-state index in [4.69, 9.17) is 9.47 Å². The highest BCUT2D eigenvalue weighted by atomic mass is 35.5. The molecule has 0 aromatic heterocycles. The van der Waals surface area contributed by atoms with E-state index in [2.05, 4.69) is 9.30 Å². The van der Waals surface area contributed by atoms with Gasteiger partial charge < -0.3 is 14.4 Å². The first kappa shape index (κ1) is 25.0. The summed E-state index contributed by atoms with van der Waals surface area (Å²) in [6, 6.07) is 20.0. The Kier molecular flexibility index (Phi) is 7.59. The molecule has 0 unspecified atom stereocenters. The summed E-state index contributed by atoms with van der Waals surface area (Å²) >= 11 is 0. The maximum atomic E-state index is 13.3. The molecule has 0 aliphatic carbocycles. The van der Waals surface area contributed by atoms with Crippen LogP contribution in [0.5, 0.6) is 11.5 Å². The normalized spacial score (nSPS) is 16.1. The first-order chi connectivity index (χ1) is 16.5. The smallest absolute Gasteiger partial charge is 0.284 e. The van der Waals surface area contributed by atoms with Crippen LogP contribution < -0.4 is 9.47 Å². The third-order valence-corrected chi connectivity index (χ3v) is 7.15. The number of piperazine rings is 1. The second kappa shape index (κ2) is 10.6. The zero-order chi connectivity index (χ0) is 23.5. The third kappa shape index (κ3) is 5.75. The van der Waals surface area contributed by atoms with E-state index in [-0.39, 0.29) is 24.1 Å². The predicted molar refractivity (Wildman–Crippen MR) is 133 cm³/mol. The maximum Gasteiger partial charge on any atom is 0.284 e. The molecule has 10 heteroatoms. The van der Waals surface area contributed by atoms with Crippen molar-refractivity contribution in [3.05, 3.63) is 89.7 Å². The SMILES string of the molecule is Cl.O=S(=O)(/N=C(/c1ccccc1)N1CCN(Cc2ccc3c(c2)OCO3)CC1)c1ccc(F)cc1. The summed E-state index contributed by atoms with van der Waals surface area (Å²) in [6.07, 6.45) is 0. The number of amidine groups is 1. The molecule has 1 fully saturated rings. The Balaban J connectivity index is 0.00000289. The number of halogens is 2. The van der Waals surface area contributed by atoms with Crippen LogP contribution in [-0.2, 0) is 16.6 Å². The second-order valence-corrected chi connectivity index (χ2v) is 9.76. The van der Waals surface area contributed by atoms with Crippen molar-refractivity contribution in [2.75, 3.05) is 33.0 Å². The lowest BCUT2D eigenvalue weighted by atomic mass is 10.1. The zero-order valence-corrected chi connectivity index (χ0v) is 20.5. The van der Waals surface area contributed by atoms with Gasteiger partial charge in [-0.2, -0.15) is 8.42 Å². The number of hydrogen-bond donors (Lipinski definition) is 0. The van der Waals surface area contributed by atoms with E-state index in [1.54, 1.807) is 0 Å². The van der Waals surface area contributed by atoms with Crippen molar-refractivity contribution in [1.29, 1.82) is 0 Å². The van der Waals surface area contributed by atoms with E-state index in [1.807, 2.05) is 53.4 Å². The van der Waals surface area contributed by atoms with Gasteiger partial charge in [-0.15, -0.1) is 16.8 Å². The monoisotopic (exact) mass is 517 g/mol. The van der Waals surface area contributed by atoms with Gasteiger partial charge in [0.1, 0.15) is 11.7 Å². The van der Waals surface area contributed by atoms with E-state index in [1.165, 1.54) is 12.1 Å². The van der Waals surface area contributed by atoms with Crippen LogP contribution in [0.3, 0.4) is 0 Å². The lowest BCUT2D eigenvalue weighted by molar-refractivity contribution is 0.172. The average Bonchev–Trinajstić information content (AvgIpc) is 3.32. The third-order valence-electron chi connectivity index (χ3n) is 5.87. The number of ether oxygens (including phenoxy) is 2. The van der Waals surface area contributed by atoms with Crippen molar-refractivity contribution >= 4 is 28.3 Å². The van der Waals surface area contributed by atoms with Gasteiger partial charge in [0.25, 0.3) is 10.0 Å². The van der Waals surface area contributed by atoms with Gasteiger partial charge in [-0.1, -0.05) is 36.4 Å². The lowest BCUT2D eigenvalue weighted by Crippen LogP contribution is -2.48. The summed E-state index contributed by atoms with van der Waals surface area (Å²) < 4.78 is 54.3. The molecule has 7 nitrogen and oxygen atoms in total. The van der Waals surface area contributed by atoms with E-state index in [9.17, 15) is 12.8 Å². The number of sulfonamides is 1. The molecule has 0 saturated carbocycles. The molecule has 2 heterocycles. The van der Waals surface area contributed by atoms with Gasteiger partial charge in [-0.25, -0.2) is 4.39 Å². The Bertz CT molecular complexity index is 1300. The number of rotatable bonds is 5. The van der Waals surface area contributed by atoms with Crippen molar-refractivity contribution in [3.63, 3.8) is 0 Å². The largest absolute Gasteiger partial charge is 0.454 e. The summed E-state index contributed by atoms with van der Waals surface area (Å²) in [5.74, 6) is 1.43. The van der Waals surface area contributed by atoms with Crippen LogP contribution in [0, 0.1) is 5.82 Å². The summed E-state index contributed by atoms with van der Waals surface area (Å²) in [5.41, 5.74) is 1.85. The van der Waals surface area contributed by atoms with Crippen molar-refractivity contribution in [3.8, 4) is 11.5 Å². The molecule has 1 saturated heterocycles. The molecule has 2 aliphatic heterocycles. The highest BCUT2D eigenvalue weighted by molar-refractivity contribution is 7.90. The molecule has 0 bridgehead atoms. The Morgan fingerprint density at radius 3 is 2.29 bits per heavy atom. The molecule has 0 spiro atoms. The lowest BCUT2D eigenvalue weighted by Gasteiger charge is -2.36. The van der Waals surface area contributed by atoms with Gasteiger partial charge in [0, 0.05) is 38.3 Å².